The normalized spacial score (nSPS) is 20.2. The number of rotatable bonds is 9. The van der Waals surface area contributed by atoms with Gasteiger partial charge >= 0.3 is 5.97 Å². The van der Waals surface area contributed by atoms with Crippen LogP contribution in [0.1, 0.15) is 40.0 Å². The first-order valence-corrected chi connectivity index (χ1v) is 8.19. The van der Waals surface area contributed by atoms with Gasteiger partial charge in [-0.05, 0) is 58.7 Å². The number of esters is 1. The largest absolute Gasteiger partial charge is 0.465 e. The molecule has 1 aliphatic rings. The van der Waals surface area contributed by atoms with Gasteiger partial charge in [-0.15, -0.1) is 0 Å². The van der Waals surface area contributed by atoms with Crippen LogP contribution in [-0.2, 0) is 14.3 Å². The Kier molecular flexibility index (Phi) is 8.22. The molecule has 5 heteroatoms. The molecule has 0 aromatic heterocycles. The van der Waals surface area contributed by atoms with E-state index in [0.29, 0.717) is 12.5 Å². The third-order valence-corrected chi connectivity index (χ3v) is 4.33. The van der Waals surface area contributed by atoms with E-state index in [1.54, 1.807) is 7.11 Å². The molecule has 0 amide bonds. The lowest BCUT2D eigenvalue weighted by atomic mass is 9.94. The van der Waals surface area contributed by atoms with Gasteiger partial charge in [0.15, 0.2) is 0 Å². The third-order valence-electron chi connectivity index (χ3n) is 4.33. The Morgan fingerprint density at radius 2 is 2.00 bits per heavy atom. The third kappa shape index (κ3) is 5.93. The molecule has 0 bridgehead atoms. The van der Waals surface area contributed by atoms with E-state index >= 15 is 0 Å². The number of likely N-dealkylation sites (tertiary alicyclic amines) is 1. The SMILES string of the molecule is CCNC(C)(CCN1CCC(COC)CC1)C(=O)OCC. The maximum atomic E-state index is 12.1. The summed E-state index contributed by atoms with van der Waals surface area (Å²) in [5, 5.41) is 3.29. The first-order chi connectivity index (χ1) is 10.1. The van der Waals surface area contributed by atoms with Crippen molar-refractivity contribution in [3.63, 3.8) is 0 Å². The lowest BCUT2D eigenvalue weighted by Crippen LogP contribution is -2.52. The van der Waals surface area contributed by atoms with E-state index in [4.69, 9.17) is 9.47 Å². The van der Waals surface area contributed by atoms with Crippen LogP contribution in [0.2, 0.25) is 0 Å². The minimum atomic E-state index is -0.575. The van der Waals surface area contributed by atoms with Crippen LogP contribution in [0, 0.1) is 5.92 Å². The fourth-order valence-electron chi connectivity index (χ4n) is 2.94. The molecule has 21 heavy (non-hydrogen) atoms. The number of carbonyl (C=O) groups excluding carboxylic acids is 1. The van der Waals surface area contributed by atoms with Gasteiger partial charge in [-0.2, -0.15) is 0 Å². The van der Waals surface area contributed by atoms with E-state index in [1.807, 2.05) is 20.8 Å². The number of nitrogens with one attached hydrogen (secondary N) is 1. The first-order valence-electron chi connectivity index (χ1n) is 8.19. The average Bonchev–Trinajstić information content (AvgIpc) is 2.47. The Balaban J connectivity index is 2.42. The summed E-state index contributed by atoms with van der Waals surface area (Å²) in [6, 6.07) is 0. The minimum Gasteiger partial charge on any atom is -0.465 e. The lowest BCUT2D eigenvalue weighted by Gasteiger charge is -2.35. The second kappa shape index (κ2) is 9.38. The summed E-state index contributed by atoms with van der Waals surface area (Å²) in [6.45, 7) is 11.0. The number of nitrogens with zero attached hydrogens (tertiary/aromatic N) is 1. The summed E-state index contributed by atoms with van der Waals surface area (Å²) in [7, 11) is 1.77. The quantitative estimate of drug-likeness (QED) is 0.656. The average molecular weight is 300 g/mol. The van der Waals surface area contributed by atoms with Gasteiger partial charge in [-0.1, -0.05) is 6.92 Å². The summed E-state index contributed by atoms with van der Waals surface area (Å²) in [5.41, 5.74) is -0.575. The molecule has 0 aliphatic carbocycles. The van der Waals surface area contributed by atoms with Crippen LogP contribution >= 0.6 is 0 Å². The first kappa shape index (κ1) is 18.4. The summed E-state index contributed by atoms with van der Waals surface area (Å²) < 4.78 is 10.4. The Hall–Kier alpha value is -0.650. The summed E-state index contributed by atoms with van der Waals surface area (Å²) >= 11 is 0. The van der Waals surface area contributed by atoms with Gasteiger partial charge < -0.3 is 19.7 Å². The molecule has 1 N–H and O–H groups in total. The number of likely N-dealkylation sites (N-methyl/N-ethyl adjacent to an activating group) is 1. The number of piperidine rings is 1. The van der Waals surface area contributed by atoms with Crippen molar-refractivity contribution in [3.8, 4) is 0 Å². The molecule has 1 atom stereocenters. The van der Waals surface area contributed by atoms with Gasteiger partial charge in [-0.3, -0.25) is 4.79 Å². The van der Waals surface area contributed by atoms with Gasteiger partial charge in [0.25, 0.3) is 0 Å². The van der Waals surface area contributed by atoms with E-state index in [9.17, 15) is 4.79 Å². The Bertz CT molecular complexity index is 304. The Morgan fingerprint density at radius 3 is 2.52 bits per heavy atom. The smallest absolute Gasteiger partial charge is 0.326 e. The van der Waals surface area contributed by atoms with Gasteiger partial charge in [0, 0.05) is 20.3 Å². The molecule has 124 valence electrons. The zero-order chi connectivity index (χ0) is 15.7. The Morgan fingerprint density at radius 1 is 1.33 bits per heavy atom. The van der Waals surface area contributed by atoms with Crippen molar-refractivity contribution in [2.75, 3.05) is 46.5 Å². The predicted molar refractivity (Wildman–Crippen MR) is 84.4 cm³/mol. The van der Waals surface area contributed by atoms with Crippen LogP contribution in [0.15, 0.2) is 0 Å². The zero-order valence-corrected chi connectivity index (χ0v) is 14.1. The molecule has 0 aromatic rings. The molecule has 5 nitrogen and oxygen atoms in total. The van der Waals surface area contributed by atoms with Crippen molar-refractivity contribution in [3.05, 3.63) is 0 Å². The molecule has 0 aromatic carbocycles. The van der Waals surface area contributed by atoms with Gasteiger partial charge in [0.1, 0.15) is 5.54 Å². The van der Waals surface area contributed by atoms with Gasteiger partial charge in [-0.25, -0.2) is 0 Å². The van der Waals surface area contributed by atoms with E-state index in [-0.39, 0.29) is 5.97 Å². The number of ether oxygens (including phenoxy) is 2. The van der Waals surface area contributed by atoms with Crippen molar-refractivity contribution in [2.45, 2.75) is 45.6 Å². The molecule has 1 aliphatic heterocycles. The summed E-state index contributed by atoms with van der Waals surface area (Å²) in [6.07, 6.45) is 3.16. The molecule has 1 saturated heterocycles. The number of methoxy groups -OCH3 is 1. The maximum Gasteiger partial charge on any atom is 0.326 e. The molecule has 0 radical (unpaired) electrons. The zero-order valence-electron chi connectivity index (χ0n) is 14.1. The minimum absolute atomic E-state index is 0.138. The maximum absolute atomic E-state index is 12.1. The molecule has 0 spiro atoms. The lowest BCUT2D eigenvalue weighted by molar-refractivity contribution is -0.151. The monoisotopic (exact) mass is 300 g/mol. The highest BCUT2D eigenvalue weighted by atomic mass is 16.5. The molecule has 1 heterocycles. The fraction of sp³-hybridized carbons (Fsp3) is 0.938. The Labute approximate surface area is 129 Å². The number of hydrogen-bond donors (Lipinski definition) is 1. The molecule has 1 fully saturated rings. The van der Waals surface area contributed by atoms with Gasteiger partial charge in [0.05, 0.1) is 6.61 Å². The molecule has 1 rings (SSSR count). The standard InChI is InChI=1S/C16H32N2O3/c1-5-17-16(3,15(19)21-6-2)9-12-18-10-7-14(8-11-18)13-20-4/h14,17H,5-13H2,1-4H3. The van der Waals surface area contributed by atoms with E-state index in [0.717, 1.165) is 39.2 Å². The molecular formula is C16H32N2O3. The van der Waals surface area contributed by atoms with E-state index < -0.39 is 5.54 Å². The van der Waals surface area contributed by atoms with Crippen LogP contribution in [0.3, 0.4) is 0 Å². The van der Waals surface area contributed by atoms with Crippen LogP contribution in [-0.4, -0.2) is 62.9 Å². The van der Waals surface area contributed by atoms with Crippen molar-refractivity contribution in [1.82, 2.24) is 10.2 Å². The molecule has 0 saturated carbocycles. The van der Waals surface area contributed by atoms with Crippen LogP contribution in [0.4, 0.5) is 0 Å². The highest BCUT2D eigenvalue weighted by Gasteiger charge is 2.34. The summed E-state index contributed by atoms with van der Waals surface area (Å²) in [5.74, 6) is 0.553. The highest BCUT2D eigenvalue weighted by Crippen LogP contribution is 2.20. The molecular weight excluding hydrogens is 268 g/mol. The summed E-state index contributed by atoms with van der Waals surface area (Å²) in [4.78, 5) is 14.6. The van der Waals surface area contributed by atoms with Crippen molar-refractivity contribution in [1.29, 1.82) is 0 Å². The van der Waals surface area contributed by atoms with Crippen LogP contribution in [0.25, 0.3) is 0 Å². The van der Waals surface area contributed by atoms with Crippen molar-refractivity contribution >= 4 is 5.97 Å². The van der Waals surface area contributed by atoms with E-state index in [2.05, 4.69) is 10.2 Å². The van der Waals surface area contributed by atoms with E-state index in [1.165, 1.54) is 12.8 Å². The van der Waals surface area contributed by atoms with Crippen molar-refractivity contribution < 1.29 is 14.3 Å². The second-order valence-electron chi connectivity index (χ2n) is 6.07. The predicted octanol–water partition coefficient (Wildman–Crippen LogP) is 1.67. The van der Waals surface area contributed by atoms with Crippen molar-refractivity contribution in [2.24, 2.45) is 5.92 Å². The van der Waals surface area contributed by atoms with Crippen LogP contribution < -0.4 is 5.32 Å². The van der Waals surface area contributed by atoms with Gasteiger partial charge in [0.2, 0.25) is 0 Å². The second-order valence-corrected chi connectivity index (χ2v) is 6.07. The number of carbonyl (C=O) groups is 1. The number of hydrogen-bond acceptors (Lipinski definition) is 5. The highest BCUT2D eigenvalue weighted by molar-refractivity contribution is 5.80. The molecule has 1 unspecified atom stereocenters. The topological polar surface area (TPSA) is 50.8 Å². The fourth-order valence-corrected chi connectivity index (χ4v) is 2.94. The van der Waals surface area contributed by atoms with Crippen LogP contribution in [0.5, 0.6) is 0 Å².